The number of hydrogen-bond acceptors (Lipinski definition) is 1. The fourth-order valence-electron chi connectivity index (χ4n) is 3.12. The molecule has 2 heteroatoms. The van der Waals surface area contributed by atoms with Crippen LogP contribution in [0.2, 0.25) is 0 Å². The molecule has 1 unspecified atom stereocenters. The molecule has 0 aromatic heterocycles. The maximum Gasteiger partial charge on any atom is 0.246 e. The molecule has 0 aliphatic heterocycles. The number of rotatable bonds is 17. The van der Waals surface area contributed by atoms with Crippen LogP contribution in [0, 0.1) is 0 Å². The van der Waals surface area contributed by atoms with Gasteiger partial charge in [0.15, 0.2) is 0 Å². The standard InChI is InChI=1S/C22H43NO/c1-5-7-9-11-13-15-17-19-21(23-22(24)20(3)4)18-16-14-12-10-8-6-2/h21H,3,5-19H2,1-2,4H3,(H,23,24). The summed E-state index contributed by atoms with van der Waals surface area (Å²) in [5, 5.41) is 3.19. The third kappa shape index (κ3) is 14.8. The van der Waals surface area contributed by atoms with Crippen molar-refractivity contribution >= 4 is 5.91 Å². The van der Waals surface area contributed by atoms with Crippen molar-refractivity contribution in [1.29, 1.82) is 0 Å². The Kier molecular flexibility index (Phi) is 16.5. The zero-order chi connectivity index (χ0) is 18.0. The van der Waals surface area contributed by atoms with Crippen LogP contribution in [0.5, 0.6) is 0 Å². The summed E-state index contributed by atoms with van der Waals surface area (Å²) < 4.78 is 0. The molecule has 1 amide bonds. The van der Waals surface area contributed by atoms with E-state index in [1.54, 1.807) is 6.92 Å². The average Bonchev–Trinajstić information content (AvgIpc) is 2.56. The topological polar surface area (TPSA) is 29.1 Å². The lowest BCUT2D eigenvalue weighted by Gasteiger charge is -2.19. The van der Waals surface area contributed by atoms with Crippen LogP contribution >= 0.6 is 0 Å². The van der Waals surface area contributed by atoms with Crippen LogP contribution in [0.1, 0.15) is 117 Å². The first-order chi connectivity index (χ1) is 11.6. The third-order valence-electron chi connectivity index (χ3n) is 4.79. The van der Waals surface area contributed by atoms with Crippen LogP contribution in [-0.4, -0.2) is 11.9 Å². The minimum Gasteiger partial charge on any atom is -0.350 e. The van der Waals surface area contributed by atoms with E-state index in [-0.39, 0.29) is 5.91 Å². The summed E-state index contributed by atoms with van der Waals surface area (Å²) >= 11 is 0. The van der Waals surface area contributed by atoms with Crippen LogP contribution < -0.4 is 5.32 Å². The number of amides is 1. The smallest absolute Gasteiger partial charge is 0.246 e. The van der Waals surface area contributed by atoms with Gasteiger partial charge >= 0.3 is 0 Å². The molecule has 0 saturated heterocycles. The second-order valence-corrected chi connectivity index (χ2v) is 7.42. The van der Waals surface area contributed by atoms with Gasteiger partial charge < -0.3 is 5.32 Å². The molecule has 1 N–H and O–H groups in total. The minimum atomic E-state index is 0.0360. The van der Waals surface area contributed by atoms with Crippen LogP contribution in [-0.2, 0) is 4.79 Å². The molecule has 0 spiro atoms. The Balaban J connectivity index is 3.92. The molecule has 0 aliphatic carbocycles. The fourth-order valence-corrected chi connectivity index (χ4v) is 3.12. The molecule has 0 heterocycles. The molecule has 0 saturated carbocycles. The lowest BCUT2D eigenvalue weighted by molar-refractivity contribution is -0.118. The van der Waals surface area contributed by atoms with Gasteiger partial charge in [-0.15, -0.1) is 0 Å². The number of hydrogen-bond donors (Lipinski definition) is 1. The summed E-state index contributed by atoms with van der Waals surface area (Å²) in [5.41, 5.74) is 0.627. The molecule has 2 nitrogen and oxygen atoms in total. The van der Waals surface area contributed by atoms with Crippen molar-refractivity contribution in [2.24, 2.45) is 0 Å². The quantitative estimate of drug-likeness (QED) is 0.226. The van der Waals surface area contributed by atoms with Crippen molar-refractivity contribution < 1.29 is 4.79 Å². The summed E-state index contributed by atoms with van der Waals surface area (Å²) in [7, 11) is 0. The van der Waals surface area contributed by atoms with Gasteiger partial charge in [-0.2, -0.15) is 0 Å². The number of nitrogens with one attached hydrogen (secondary N) is 1. The molecule has 24 heavy (non-hydrogen) atoms. The molecular formula is C22H43NO. The Morgan fingerprint density at radius 3 is 1.50 bits per heavy atom. The third-order valence-corrected chi connectivity index (χ3v) is 4.79. The first kappa shape index (κ1) is 23.2. The van der Waals surface area contributed by atoms with Gasteiger partial charge in [0.05, 0.1) is 0 Å². The first-order valence-corrected chi connectivity index (χ1v) is 10.6. The van der Waals surface area contributed by atoms with E-state index in [4.69, 9.17) is 0 Å². The Morgan fingerprint density at radius 2 is 1.12 bits per heavy atom. The van der Waals surface area contributed by atoms with E-state index in [9.17, 15) is 4.79 Å². The van der Waals surface area contributed by atoms with E-state index in [1.807, 2.05) is 0 Å². The summed E-state index contributed by atoms with van der Waals surface area (Å²) in [4.78, 5) is 11.9. The molecule has 0 fully saturated rings. The summed E-state index contributed by atoms with van der Waals surface area (Å²) in [6, 6.07) is 0.344. The number of carbonyl (C=O) groups excluding carboxylic acids is 1. The predicted molar refractivity (Wildman–Crippen MR) is 107 cm³/mol. The fraction of sp³-hybridized carbons (Fsp3) is 0.864. The van der Waals surface area contributed by atoms with Crippen molar-refractivity contribution in [2.45, 2.75) is 123 Å². The van der Waals surface area contributed by atoms with Gasteiger partial charge in [-0.3, -0.25) is 4.79 Å². The monoisotopic (exact) mass is 337 g/mol. The molecular weight excluding hydrogens is 294 g/mol. The molecule has 0 radical (unpaired) electrons. The van der Waals surface area contributed by atoms with Crippen molar-refractivity contribution in [3.63, 3.8) is 0 Å². The summed E-state index contributed by atoms with van der Waals surface area (Å²) in [5.74, 6) is 0.0360. The Labute approximate surface area is 151 Å². The SMILES string of the molecule is C=C(C)C(=O)NC(CCCCCCCC)CCCCCCCCC. The predicted octanol–water partition coefficient (Wildman–Crippen LogP) is 6.94. The van der Waals surface area contributed by atoms with E-state index in [1.165, 1.54) is 83.5 Å². The van der Waals surface area contributed by atoms with Gasteiger partial charge in [0.25, 0.3) is 0 Å². The molecule has 0 aromatic carbocycles. The molecule has 142 valence electrons. The lowest BCUT2D eigenvalue weighted by atomic mass is 9.99. The maximum atomic E-state index is 11.9. The van der Waals surface area contributed by atoms with Crippen LogP contribution in [0.25, 0.3) is 0 Å². The second kappa shape index (κ2) is 17.0. The van der Waals surface area contributed by atoms with Crippen molar-refractivity contribution in [3.05, 3.63) is 12.2 Å². The van der Waals surface area contributed by atoms with Crippen molar-refractivity contribution in [3.8, 4) is 0 Å². The van der Waals surface area contributed by atoms with Gasteiger partial charge in [0, 0.05) is 11.6 Å². The molecule has 1 atom stereocenters. The molecule has 0 aromatic rings. The van der Waals surface area contributed by atoms with E-state index in [0.29, 0.717) is 11.6 Å². The zero-order valence-corrected chi connectivity index (χ0v) is 16.8. The largest absolute Gasteiger partial charge is 0.350 e. The van der Waals surface area contributed by atoms with Gasteiger partial charge in [-0.25, -0.2) is 0 Å². The number of unbranched alkanes of at least 4 members (excludes halogenated alkanes) is 11. The lowest BCUT2D eigenvalue weighted by Crippen LogP contribution is -2.35. The zero-order valence-electron chi connectivity index (χ0n) is 16.8. The van der Waals surface area contributed by atoms with E-state index in [2.05, 4.69) is 25.7 Å². The van der Waals surface area contributed by atoms with Gasteiger partial charge in [-0.1, -0.05) is 104 Å². The van der Waals surface area contributed by atoms with Gasteiger partial charge in [-0.05, 0) is 19.8 Å². The highest BCUT2D eigenvalue weighted by Gasteiger charge is 2.12. The van der Waals surface area contributed by atoms with Crippen LogP contribution in [0.4, 0.5) is 0 Å². The van der Waals surface area contributed by atoms with E-state index < -0.39 is 0 Å². The summed E-state index contributed by atoms with van der Waals surface area (Å²) in [6.07, 6.45) is 19.5. The van der Waals surface area contributed by atoms with E-state index in [0.717, 1.165) is 12.8 Å². The van der Waals surface area contributed by atoms with E-state index >= 15 is 0 Å². The highest BCUT2D eigenvalue weighted by atomic mass is 16.1. The van der Waals surface area contributed by atoms with Gasteiger partial charge in [0.1, 0.15) is 0 Å². The highest BCUT2D eigenvalue weighted by molar-refractivity contribution is 5.92. The Bertz CT molecular complexity index is 311. The number of carbonyl (C=O) groups is 1. The van der Waals surface area contributed by atoms with Crippen molar-refractivity contribution in [1.82, 2.24) is 5.32 Å². The molecule has 0 rings (SSSR count). The first-order valence-electron chi connectivity index (χ1n) is 10.6. The maximum absolute atomic E-state index is 11.9. The van der Waals surface area contributed by atoms with Crippen LogP contribution in [0.15, 0.2) is 12.2 Å². The van der Waals surface area contributed by atoms with Crippen molar-refractivity contribution in [2.75, 3.05) is 0 Å². The average molecular weight is 338 g/mol. The van der Waals surface area contributed by atoms with Crippen LogP contribution in [0.3, 0.4) is 0 Å². The molecule has 0 bridgehead atoms. The minimum absolute atomic E-state index is 0.0360. The normalized spacial score (nSPS) is 12.1. The molecule has 0 aliphatic rings. The Hall–Kier alpha value is -0.790. The second-order valence-electron chi connectivity index (χ2n) is 7.42. The summed E-state index contributed by atoms with van der Waals surface area (Å²) in [6.45, 7) is 10.1. The van der Waals surface area contributed by atoms with Gasteiger partial charge in [0.2, 0.25) is 5.91 Å². The Morgan fingerprint density at radius 1 is 0.750 bits per heavy atom. The highest BCUT2D eigenvalue weighted by Crippen LogP contribution is 2.15.